The maximum Gasteiger partial charge on any atom is 0.257 e. The molecule has 1 aromatic carbocycles. The van der Waals surface area contributed by atoms with Crippen LogP contribution in [-0.4, -0.2) is 37.4 Å². The zero-order valence-electron chi connectivity index (χ0n) is 12.7. The number of amidine groups is 1. The number of nitrogens with zero attached hydrogens (tertiary/aromatic N) is 2. The first-order valence-electron chi connectivity index (χ1n) is 7.36. The molecule has 0 bridgehead atoms. The van der Waals surface area contributed by atoms with Crippen LogP contribution in [0.2, 0.25) is 0 Å². The molecule has 0 radical (unpaired) electrons. The lowest BCUT2D eigenvalue weighted by Crippen LogP contribution is -2.37. The van der Waals surface area contributed by atoms with Crippen LogP contribution in [0.1, 0.15) is 12.5 Å². The fourth-order valence-corrected chi connectivity index (χ4v) is 3.38. The van der Waals surface area contributed by atoms with Crippen LogP contribution < -0.4 is 5.32 Å². The Morgan fingerprint density at radius 3 is 2.96 bits per heavy atom. The molecule has 120 valence electrons. The third-order valence-electron chi connectivity index (χ3n) is 3.68. The molecule has 7 heteroatoms. The summed E-state index contributed by atoms with van der Waals surface area (Å²) >= 11 is 0. The van der Waals surface area contributed by atoms with E-state index in [4.69, 9.17) is 0 Å². The van der Waals surface area contributed by atoms with E-state index in [1.54, 1.807) is 23.3 Å². The van der Waals surface area contributed by atoms with Crippen LogP contribution in [0.15, 0.2) is 52.6 Å². The molecule has 6 nitrogen and oxygen atoms in total. The number of rotatable bonds is 3. The monoisotopic (exact) mass is 331 g/mol. The summed E-state index contributed by atoms with van der Waals surface area (Å²) in [6.45, 7) is 2.35. The standard InChI is InChI=1S/C16H17N3O3S/c1-2-12-4-3-5-14(10-12)17-16(20)13-6-7-15-18-23(21,22)9-8-19(15)11-13/h3-7,10-11H,2,8-9H2,1H3,(H,17,20). The van der Waals surface area contributed by atoms with Crippen molar-refractivity contribution in [2.45, 2.75) is 13.3 Å². The molecule has 2 aliphatic rings. The normalized spacial score (nSPS) is 18.7. The van der Waals surface area contributed by atoms with Gasteiger partial charge in [0.05, 0.1) is 11.3 Å². The van der Waals surface area contributed by atoms with Gasteiger partial charge in [-0.05, 0) is 36.3 Å². The van der Waals surface area contributed by atoms with Gasteiger partial charge in [-0.2, -0.15) is 0 Å². The van der Waals surface area contributed by atoms with Crippen molar-refractivity contribution in [2.75, 3.05) is 17.6 Å². The minimum Gasteiger partial charge on any atom is -0.330 e. The van der Waals surface area contributed by atoms with E-state index in [-0.39, 0.29) is 11.7 Å². The molecule has 0 fully saturated rings. The molecular weight excluding hydrogens is 314 g/mol. The van der Waals surface area contributed by atoms with E-state index in [9.17, 15) is 13.2 Å². The number of aryl methyl sites for hydroxylation is 1. The molecule has 0 saturated carbocycles. The molecule has 0 saturated heterocycles. The number of hydrogen-bond donors (Lipinski definition) is 1. The van der Waals surface area contributed by atoms with Gasteiger partial charge in [0.2, 0.25) is 0 Å². The molecule has 1 N–H and O–H groups in total. The SMILES string of the molecule is CCc1cccc(NC(=O)C2=CN3CCS(=O)(=O)N=C3C=C2)c1. The topological polar surface area (TPSA) is 78.8 Å². The minimum atomic E-state index is -3.38. The van der Waals surface area contributed by atoms with Crippen LogP contribution >= 0.6 is 0 Å². The molecule has 23 heavy (non-hydrogen) atoms. The summed E-state index contributed by atoms with van der Waals surface area (Å²) in [6.07, 6.45) is 5.66. The predicted octanol–water partition coefficient (Wildman–Crippen LogP) is 1.69. The van der Waals surface area contributed by atoms with Gasteiger partial charge in [0.15, 0.2) is 0 Å². The maximum absolute atomic E-state index is 12.4. The van der Waals surface area contributed by atoms with Gasteiger partial charge in [-0.25, -0.2) is 8.42 Å². The Kier molecular flexibility index (Phi) is 4.04. The first-order chi connectivity index (χ1) is 11.0. The number of nitrogens with one attached hydrogen (secondary N) is 1. The smallest absolute Gasteiger partial charge is 0.257 e. The van der Waals surface area contributed by atoms with Crippen molar-refractivity contribution in [1.29, 1.82) is 0 Å². The van der Waals surface area contributed by atoms with E-state index < -0.39 is 10.0 Å². The van der Waals surface area contributed by atoms with Gasteiger partial charge >= 0.3 is 0 Å². The van der Waals surface area contributed by atoms with E-state index >= 15 is 0 Å². The lowest BCUT2D eigenvalue weighted by atomic mass is 10.1. The van der Waals surface area contributed by atoms with Gasteiger partial charge in [0, 0.05) is 18.4 Å². The summed E-state index contributed by atoms with van der Waals surface area (Å²) < 4.78 is 26.6. The van der Waals surface area contributed by atoms with Crippen molar-refractivity contribution >= 4 is 27.5 Å². The minimum absolute atomic E-state index is 0.0473. The highest BCUT2D eigenvalue weighted by Crippen LogP contribution is 2.18. The average molecular weight is 331 g/mol. The number of fused-ring (bicyclic) bond motifs is 1. The first kappa shape index (κ1) is 15.5. The second kappa shape index (κ2) is 6.00. The molecule has 1 aromatic rings. The van der Waals surface area contributed by atoms with Crippen molar-refractivity contribution in [3.05, 3.63) is 53.8 Å². The largest absolute Gasteiger partial charge is 0.330 e. The molecule has 0 unspecified atom stereocenters. The van der Waals surface area contributed by atoms with E-state index in [1.165, 1.54) is 0 Å². The van der Waals surface area contributed by atoms with Crippen LogP contribution in [0.5, 0.6) is 0 Å². The van der Waals surface area contributed by atoms with Crippen LogP contribution in [0, 0.1) is 0 Å². The lowest BCUT2D eigenvalue weighted by molar-refractivity contribution is -0.112. The Balaban J connectivity index is 1.77. The summed E-state index contributed by atoms with van der Waals surface area (Å²) in [6, 6.07) is 7.68. The van der Waals surface area contributed by atoms with Crippen LogP contribution in [0.3, 0.4) is 0 Å². The van der Waals surface area contributed by atoms with Crippen molar-refractivity contribution in [1.82, 2.24) is 4.90 Å². The van der Waals surface area contributed by atoms with Gasteiger partial charge in [-0.1, -0.05) is 19.1 Å². The van der Waals surface area contributed by atoms with Gasteiger partial charge in [0.1, 0.15) is 5.84 Å². The van der Waals surface area contributed by atoms with Gasteiger partial charge in [-0.3, -0.25) is 4.79 Å². The Morgan fingerprint density at radius 2 is 2.17 bits per heavy atom. The summed E-state index contributed by atoms with van der Waals surface area (Å²) in [5, 5.41) is 2.85. The summed E-state index contributed by atoms with van der Waals surface area (Å²) in [5.41, 5.74) is 2.35. The molecule has 1 amide bonds. The maximum atomic E-state index is 12.4. The second-order valence-corrected chi connectivity index (χ2v) is 7.11. The zero-order chi connectivity index (χ0) is 16.4. The summed E-state index contributed by atoms with van der Waals surface area (Å²) in [5.74, 6) is 0.0663. The molecule has 0 aliphatic carbocycles. The average Bonchev–Trinajstić information content (AvgIpc) is 2.53. The fraction of sp³-hybridized carbons (Fsp3) is 0.250. The van der Waals surface area contributed by atoms with E-state index in [2.05, 4.69) is 16.6 Å². The molecule has 2 heterocycles. The van der Waals surface area contributed by atoms with Crippen molar-refractivity contribution < 1.29 is 13.2 Å². The van der Waals surface area contributed by atoms with Crippen molar-refractivity contribution in [3.8, 4) is 0 Å². The molecular formula is C16H17N3O3S. The van der Waals surface area contributed by atoms with Gasteiger partial charge < -0.3 is 10.2 Å². The molecule has 0 atom stereocenters. The number of carbonyl (C=O) groups excluding carboxylic acids is 1. The number of anilines is 1. The predicted molar refractivity (Wildman–Crippen MR) is 89.6 cm³/mol. The molecule has 3 rings (SSSR count). The summed E-state index contributed by atoms with van der Waals surface area (Å²) in [7, 11) is -3.38. The number of amides is 1. The Hall–Kier alpha value is -2.41. The molecule has 0 spiro atoms. The van der Waals surface area contributed by atoms with Crippen molar-refractivity contribution in [3.63, 3.8) is 0 Å². The lowest BCUT2D eigenvalue weighted by Gasteiger charge is -2.26. The van der Waals surface area contributed by atoms with Crippen LogP contribution in [-0.2, 0) is 21.2 Å². The molecule has 0 aromatic heterocycles. The fourth-order valence-electron chi connectivity index (χ4n) is 2.41. The number of sulfonamides is 1. The van der Waals surface area contributed by atoms with Crippen LogP contribution in [0.4, 0.5) is 5.69 Å². The second-order valence-electron chi connectivity index (χ2n) is 5.35. The van der Waals surface area contributed by atoms with Crippen molar-refractivity contribution in [2.24, 2.45) is 4.40 Å². The highest BCUT2D eigenvalue weighted by Gasteiger charge is 2.24. The van der Waals surface area contributed by atoms with Crippen LogP contribution in [0.25, 0.3) is 0 Å². The first-order valence-corrected chi connectivity index (χ1v) is 8.97. The Morgan fingerprint density at radius 1 is 1.35 bits per heavy atom. The summed E-state index contributed by atoms with van der Waals surface area (Å²) in [4.78, 5) is 14.0. The third-order valence-corrected chi connectivity index (χ3v) is 4.84. The van der Waals surface area contributed by atoms with E-state index in [1.807, 2.05) is 24.3 Å². The highest BCUT2D eigenvalue weighted by molar-refractivity contribution is 7.90. The van der Waals surface area contributed by atoms with Gasteiger partial charge in [0.25, 0.3) is 15.9 Å². The zero-order valence-corrected chi connectivity index (χ0v) is 13.5. The third kappa shape index (κ3) is 3.50. The van der Waals surface area contributed by atoms with E-state index in [0.717, 1.165) is 17.7 Å². The Labute approximate surface area is 135 Å². The number of benzene rings is 1. The number of hydrogen-bond acceptors (Lipinski definition) is 4. The highest BCUT2D eigenvalue weighted by atomic mass is 32.2. The Bertz CT molecular complexity index is 838. The van der Waals surface area contributed by atoms with Gasteiger partial charge in [-0.15, -0.1) is 4.40 Å². The quantitative estimate of drug-likeness (QED) is 0.914. The van der Waals surface area contributed by atoms with E-state index in [0.29, 0.717) is 18.0 Å². The number of carbonyl (C=O) groups is 1. The molecule has 2 aliphatic heterocycles.